The van der Waals surface area contributed by atoms with Crippen LogP contribution in [0, 0.1) is 0 Å². The molecule has 0 amide bonds. The van der Waals surface area contributed by atoms with Gasteiger partial charge in [0.1, 0.15) is 5.75 Å². The number of thiocarbonyl (C=S) groups is 1. The normalized spacial score (nSPS) is 20.2. The van der Waals surface area contributed by atoms with Gasteiger partial charge in [-0.1, -0.05) is 36.4 Å². The van der Waals surface area contributed by atoms with Gasteiger partial charge in [0.15, 0.2) is 5.11 Å². The van der Waals surface area contributed by atoms with Crippen LogP contribution < -0.4 is 15.4 Å². The molecule has 0 aliphatic heterocycles. The second-order valence-electron chi connectivity index (χ2n) is 6.29. The molecule has 24 heavy (non-hydrogen) atoms. The molecule has 0 bridgehead atoms. The maximum absolute atomic E-state index is 5.46. The molecule has 1 saturated carbocycles. The first-order valence-electron chi connectivity index (χ1n) is 8.51. The molecule has 0 unspecified atom stereocenters. The van der Waals surface area contributed by atoms with Crippen molar-refractivity contribution in [3.63, 3.8) is 0 Å². The standard InChI is InChI=1S/C20H24N2OS/c1-23-19-9-5-8-18(14-19)22-20(24)21-17-12-10-16(11-13-17)15-6-3-2-4-7-15/h2-9,14,16-17H,10-13H2,1H3,(H2,21,22,24). The molecule has 1 aliphatic rings. The number of ether oxygens (including phenoxy) is 1. The van der Waals surface area contributed by atoms with Crippen molar-refractivity contribution in [3.05, 3.63) is 60.2 Å². The Morgan fingerprint density at radius 1 is 1.00 bits per heavy atom. The Morgan fingerprint density at radius 3 is 2.46 bits per heavy atom. The summed E-state index contributed by atoms with van der Waals surface area (Å²) >= 11 is 5.46. The number of rotatable bonds is 4. The van der Waals surface area contributed by atoms with Crippen molar-refractivity contribution in [3.8, 4) is 5.75 Å². The molecule has 0 aromatic heterocycles. The van der Waals surface area contributed by atoms with Gasteiger partial charge in [0, 0.05) is 17.8 Å². The minimum Gasteiger partial charge on any atom is -0.497 e. The van der Waals surface area contributed by atoms with E-state index in [-0.39, 0.29) is 0 Å². The van der Waals surface area contributed by atoms with E-state index in [4.69, 9.17) is 17.0 Å². The number of benzene rings is 2. The van der Waals surface area contributed by atoms with E-state index in [0.717, 1.165) is 24.3 Å². The van der Waals surface area contributed by atoms with E-state index >= 15 is 0 Å². The summed E-state index contributed by atoms with van der Waals surface area (Å²) < 4.78 is 5.24. The van der Waals surface area contributed by atoms with Crippen LogP contribution in [0.2, 0.25) is 0 Å². The molecule has 0 radical (unpaired) electrons. The molecule has 3 nitrogen and oxygen atoms in total. The Morgan fingerprint density at radius 2 is 1.75 bits per heavy atom. The first kappa shape index (κ1) is 16.8. The lowest BCUT2D eigenvalue weighted by Crippen LogP contribution is -2.39. The maximum Gasteiger partial charge on any atom is 0.170 e. The van der Waals surface area contributed by atoms with Gasteiger partial charge in [-0.25, -0.2) is 0 Å². The van der Waals surface area contributed by atoms with Crippen LogP contribution in [0.5, 0.6) is 5.75 Å². The molecule has 0 spiro atoms. The van der Waals surface area contributed by atoms with Gasteiger partial charge in [0.05, 0.1) is 7.11 Å². The van der Waals surface area contributed by atoms with Crippen LogP contribution in [-0.4, -0.2) is 18.3 Å². The van der Waals surface area contributed by atoms with E-state index in [1.54, 1.807) is 7.11 Å². The minimum absolute atomic E-state index is 0.454. The van der Waals surface area contributed by atoms with Gasteiger partial charge in [-0.05, 0) is 61.5 Å². The summed E-state index contributed by atoms with van der Waals surface area (Å²) in [6.45, 7) is 0. The van der Waals surface area contributed by atoms with Crippen molar-refractivity contribution in [2.24, 2.45) is 0 Å². The zero-order chi connectivity index (χ0) is 16.8. The highest BCUT2D eigenvalue weighted by molar-refractivity contribution is 7.80. The highest BCUT2D eigenvalue weighted by atomic mass is 32.1. The highest BCUT2D eigenvalue weighted by Crippen LogP contribution is 2.32. The van der Waals surface area contributed by atoms with Crippen LogP contribution in [0.15, 0.2) is 54.6 Å². The van der Waals surface area contributed by atoms with Crippen LogP contribution in [0.25, 0.3) is 0 Å². The van der Waals surface area contributed by atoms with Gasteiger partial charge in [-0.2, -0.15) is 0 Å². The SMILES string of the molecule is COc1cccc(NC(=S)NC2CCC(c3ccccc3)CC2)c1. The van der Waals surface area contributed by atoms with E-state index < -0.39 is 0 Å². The smallest absolute Gasteiger partial charge is 0.170 e. The number of nitrogens with one attached hydrogen (secondary N) is 2. The van der Waals surface area contributed by atoms with Crippen molar-refractivity contribution in [1.29, 1.82) is 0 Å². The summed E-state index contributed by atoms with van der Waals surface area (Å²) in [5, 5.41) is 7.39. The topological polar surface area (TPSA) is 33.3 Å². The molecule has 0 heterocycles. The number of methoxy groups -OCH3 is 1. The fourth-order valence-electron chi connectivity index (χ4n) is 3.35. The first-order chi connectivity index (χ1) is 11.7. The minimum atomic E-state index is 0.454. The lowest BCUT2D eigenvalue weighted by atomic mass is 9.82. The molecular weight excluding hydrogens is 316 g/mol. The van der Waals surface area contributed by atoms with E-state index in [9.17, 15) is 0 Å². The number of anilines is 1. The van der Waals surface area contributed by atoms with Crippen LogP contribution in [0.1, 0.15) is 37.2 Å². The summed E-state index contributed by atoms with van der Waals surface area (Å²) in [5.41, 5.74) is 2.41. The molecular formula is C20H24N2OS. The van der Waals surface area contributed by atoms with Crippen molar-refractivity contribution in [2.75, 3.05) is 12.4 Å². The zero-order valence-corrected chi connectivity index (χ0v) is 14.8. The average molecular weight is 340 g/mol. The Balaban J connectivity index is 1.48. The van der Waals surface area contributed by atoms with Crippen molar-refractivity contribution < 1.29 is 4.74 Å². The number of hydrogen-bond acceptors (Lipinski definition) is 2. The summed E-state index contributed by atoms with van der Waals surface area (Å²) in [5.74, 6) is 1.51. The Labute approximate surface area is 149 Å². The van der Waals surface area contributed by atoms with Crippen LogP contribution in [0.3, 0.4) is 0 Å². The molecule has 2 aromatic rings. The first-order valence-corrected chi connectivity index (χ1v) is 8.92. The van der Waals surface area contributed by atoms with Gasteiger partial charge >= 0.3 is 0 Å². The lowest BCUT2D eigenvalue weighted by molar-refractivity contribution is 0.374. The van der Waals surface area contributed by atoms with Gasteiger partial charge in [-0.3, -0.25) is 0 Å². The maximum atomic E-state index is 5.46. The van der Waals surface area contributed by atoms with Gasteiger partial charge in [0.2, 0.25) is 0 Å². The van der Waals surface area contributed by atoms with E-state index in [1.165, 1.54) is 18.4 Å². The molecule has 2 N–H and O–H groups in total. The monoisotopic (exact) mass is 340 g/mol. The largest absolute Gasteiger partial charge is 0.497 e. The quantitative estimate of drug-likeness (QED) is 0.790. The predicted octanol–water partition coefficient (Wildman–Crippen LogP) is 4.71. The molecule has 0 atom stereocenters. The van der Waals surface area contributed by atoms with Crippen LogP contribution in [-0.2, 0) is 0 Å². The highest BCUT2D eigenvalue weighted by Gasteiger charge is 2.22. The molecule has 4 heteroatoms. The molecule has 2 aromatic carbocycles. The van der Waals surface area contributed by atoms with Gasteiger partial charge in [0.25, 0.3) is 0 Å². The number of hydrogen-bond donors (Lipinski definition) is 2. The van der Waals surface area contributed by atoms with Gasteiger partial charge < -0.3 is 15.4 Å². The summed E-state index contributed by atoms with van der Waals surface area (Å²) in [4.78, 5) is 0. The lowest BCUT2D eigenvalue weighted by Gasteiger charge is -2.30. The van der Waals surface area contributed by atoms with Crippen molar-refractivity contribution in [2.45, 2.75) is 37.6 Å². The third-order valence-corrected chi connectivity index (χ3v) is 4.88. The third-order valence-electron chi connectivity index (χ3n) is 4.66. The second kappa shape index (κ2) is 8.15. The fraction of sp³-hybridized carbons (Fsp3) is 0.350. The zero-order valence-electron chi connectivity index (χ0n) is 14.0. The fourth-order valence-corrected chi connectivity index (χ4v) is 3.63. The Hall–Kier alpha value is -2.07. The van der Waals surface area contributed by atoms with E-state index in [2.05, 4.69) is 41.0 Å². The van der Waals surface area contributed by atoms with E-state index in [0.29, 0.717) is 17.1 Å². The Bertz CT molecular complexity index is 666. The summed E-state index contributed by atoms with van der Waals surface area (Å²) in [6, 6.07) is 19.1. The molecule has 1 aliphatic carbocycles. The summed E-state index contributed by atoms with van der Waals surface area (Å²) in [6.07, 6.45) is 4.73. The molecule has 3 rings (SSSR count). The Kier molecular flexibility index (Phi) is 5.70. The molecule has 1 fully saturated rings. The van der Waals surface area contributed by atoms with Crippen LogP contribution in [0.4, 0.5) is 5.69 Å². The van der Waals surface area contributed by atoms with E-state index in [1.807, 2.05) is 24.3 Å². The molecule has 126 valence electrons. The summed E-state index contributed by atoms with van der Waals surface area (Å²) in [7, 11) is 1.67. The average Bonchev–Trinajstić information content (AvgIpc) is 2.63. The van der Waals surface area contributed by atoms with Crippen molar-refractivity contribution >= 4 is 23.0 Å². The predicted molar refractivity (Wildman–Crippen MR) is 104 cm³/mol. The van der Waals surface area contributed by atoms with Crippen LogP contribution >= 0.6 is 12.2 Å². The van der Waals surface area contributed by atoms with Gasteiger partial charge in [-0.15, -0.1) is 0 Å². The van der Waals surface area contributed by atoms with Crippen molar-refractivity contribution in [1.82, 2.24) is 5.32 Å². The molecule has 0 saturated heterocycles. The second-order valence-corrected chi connectivity index (χ2v) is 6.70. The third kappa shape index (κ3) is 4.48.